The molecule has 1 saturated heterocycles. The Hall–Kier alpha value is -3.61. The van der Waals surface area contributed by atoms with Gasteiger partial charge in [0.1, 0.15) is 42.0 Å². The van der Waals surface area contributed by atoms with Crippen LogP contribution >= 0.6 is 65.4 Å². The minimum absolute atomic E-state index is 0.0371. The van der Waals surface area contributed by atoms with Gasteiger partial charge in [-0.1, -0.05) is 92.3 Å². The lowest BCUT2D eigenvalue weighted by Gasteiger charge is -2.29. The minimum atomic E-state index is -3.10. The Bertz CT molecular complexity index is 2360. The zero-order valence-electron chi connectivity index (χ0n) is 40.1. The molecule has 3 atom stereocenters. The lowest BCUT2D eigenvalue weighted by atomic mass is 9.97. The molecule has 23 heteroatoms. The second kappa shape index (κ2) is 27.1. The number of carboxylic acid groups (broad SMARTS) is 1. The largest absolute Gasteiger partial charge is 0.489 e. The summed E-state index contributed by atoms with van der Waals surface area (Å²) in [6.45, 7) is 21.4. The molecule has 3 unspecified atom stereocenters. The number of amides is 2. The Kier molecular flexibility index (Phi) is 24.1. The zero-order chi connectivity index (χ0) is 51.9. The van der Waals surface area contributed by atoms with Crippen molar-refractivity contribution in [3.63, 3.8) is 0 Å². The molecule has 0 bridgehead atoms. The maximum atomic E-state index is 12.1. The fraction of sp³-hybridized carbons (Fsp3) is 0.533. The number of nitrogens with zero attached hydrogens (tertiary/aromatic N) is 4. The summed E-state index contributed by atoms with van der Waals surface area (Å²) in [6.07, 6.45) is 2.10. The molecule has 4 aromatic rings. The molecule has 4 N–H and O–H groups in total. The molecule has 1 aliphatic heterocycles. The SMILES string of the molecule is CC(C)Oc1cc(-n2nc(C(C)(C)C)oc2=O)c(Cl)cc1Cl.CC1(C)OC(c2ccco2)CN1C(=O)C(Cl)Cl.CCOCN(C(=O)CCl)c1c(C)cccc1CC.CP(=O)(O)CCC(N)C(=O)O. The summed E-state index contributed by atoms with van der Waals surface area (Å²) in [6, 6.07) is 11.7. The number of furan rings is 1. The molecule has 0 saturated carbocycles. The summed E-state index contributed by atoms with van der Waals surface area (Å²) in [7, 11) is -3.10. The molecule has 0 radical (unpaired) electrons. The van der Waals surface area contributed by atoms with Gasteiger partial charge in [-0.15, -0.1) is 16.7 Å². The minimum Gasteiger partial charge on any atom is -0.489 e. The smallest absolute Gasteiger partial charge is 0.442 e. The third-order valence-electron chi connectivity index (χ3n) is 9.51. The van der Waals surface area contributed by atoms with Crippen molar-refractivity contribution in [1.82, 2.24) is 14.7 Å². The van der Waals surface area contributed by atoms with Crippen LogP contribution in [0, 0.1) is 6.92 Å². The van der Waals surface area contributed by atoms with Gasteiger partial charge in [-0.2, -0.15) is 4.68 Å². The van der Waals surface area contributed by atoms with Crippen molar-refractivity contribution >= 4 is 88.8 Å². The molecule has 1 fully saturated rings. The third-order valence-corrected chi connectivity index (χ3v) is 11.8. The summed E-state index contributed by atoms with van der Waals surface area (Å²) >= 11 is 29.2. The Morgan fingerprint density at radius 1 is 1.09 bits per heavy atom. The number of aryl methyl sites for hydroxylation is 2. The van der Waals surface area contributed by atoms with E-state index in [9.17, 15) is 23.7 Å². The average molecular weight is 1070 g/mol. The number of carbonyl (C=O) groups is 3. The van der Waals surface area contributed by atoms with E-state index in [4.69, 9.17) is 96.8 Å². The second-order valence-corrected chi connectivity index (χ2v) is 21.8. The number of alkyl halides is 3. The number of rotatable bonds is 15. The molecule has 2 aromatic heterocycles. The van der Waals surface area contributed by atoms with E-state index < -0.39 is 35.7 Å². The van der Waals surface area contributed by atoms with Crippen LogP contribution in [0.25, 0.3) is 5.69 Å². The van der Waals surface area contributed by atoms with E-state index in [0.717, 1.165) is 27.9 Å². The molecule has 17 nitrogen and oxygen atoms in total. The van der Waals surface area contributed by atoms with E-state index in [1.54, 1.807) is 37.1 Å². The van der Waals surface area contributed by atoms with E-state index >= 15 is 0 Å². The average Bonchev–Trinajstić information content (AvgIpc) is 4.00. The van der Waals surface area contributed by atoms with Gasteiger partial charge in [0.25, 0.3) is 5.91 Å². The molecular formula is C45H63Cl5N5O12P. The second-order valence-electron chi connectivity index (χ2n) is 17.1. The Labute approximate surface area is 422 Å². The van der Waals surface area contributed by atoms with Gasteiger partial charge in [-0.3, -0.25) is 23.8 Å². The van der Waals surface area contributed by atoms with Crippen LogP contribution in [0.15, 0.2) is 62.4 Å². The number of hydrogen-bond acceptors (Lipinski definition) is 12. The van der Waals surface area contributed by atoms with E-state index in [0.29, 0.717) is 41.3 Å². The molecule has 1 aliphatic rings. The molecule has 5 rings (SSSR count). The molecule has 2 aromatic carbocycles. The summed E-state index contributed by atoms with van der Waals surface area (Å²) in [5.41, 5.74) is 7.46. The van der Waals surface area contributed by atoms with Crippen LogP contribution in [-0.4, -0.2) is 104 Å². The van der Waals surface area contributed by atoms with Gasteiger partial charge in [0.05, 0.1) is 40.3 Å². The van der Waals surface area contributed by atoms with E-state index in [2.05, 4.69) is 12.0 Å². The van der Waals surface area contributed by atoms with Crippen molar-refractivity contribution in [3.05, 3.63) is 92.1 Å². The number of benzene rings is 2. The highest BCUT2D eigenvalue weighted by molar-refractivity contribution is 7.57. The van der Waals surface area contributed by atoms with E-state index in [-0.39, 0.29) is 59.7 Å². The fourth-order valence-electron chi connectivity index (χ4n) is 6.10. The molecular weight excluding hydrogens is 1010 g/mol. The number of carbonyl (C=O) groups excluding carboxylic acids is 2. The topological polar surface area (TPSA) is 230 Å². The van der Waals surface area contributed by atoms with Gasteiger partial charge < -0.3 is 43.7 Å². The number of halogens is 5. The summed E-state index contributed by atoms with van der Waals surface area (Å²) in [5, 5.41) is 13.2. The quantitative estimate of drug-likeness (QED) is 0.0572. The van der Waals surface area contributed by atoms with Gasteiger partial charge >= 0.3 is 11.7 Å². The first-order chi connectivity index (χ1) is 31.5. The predicted molar refractivity (Wildman–Crippen MR) is 267 cm³/mol. The lowest BCUT2D eigenvalue weighted by molar-refractivity contribution is -0.144. The van der Waals surface area contributed by atoms with Crippen LogP contribution in [0.4, 0.5) is 5.69 Å². The first-order valence-electron chi connectivity index (χ1n) is 21.4. The highest BCUT2D eigenvalue weighted by atomic mass is 35.5. The summed E-state index contributed by atoms with van der Waals surface area (Å²) < 4.78 is 39.0. The molecule has 3 heterocycles. The molecule has 2 amide bonds. The molecule has 68 heavy (non-hydrogen) atoms. The van der Waals surface area contributed by atoms with Crippen LogP contribution in [-0.2, 0) is 40.3 Å². The van der Waals surface area contributed by atoms with Crippen LogP contribution in [0.2, 0.25) is 10.0 Å². The predicted octanol–water partition coefficient (Wildman–Crippen LogP) is 9.75. The number of anilines is 1. The van der Waals surface area contributed by atoms with E-state index in [1.165, 1.54) is 17.6 Å². The van der Waals surface area contributed by atoms with Gasteiger partial charge in [-0.05, 0) is 83.7 Å². The number of aromatic nitrogens is 2. The van der Waals surface area contributed by atoms with Crippen molar-refractivity contribution in [2.24, 2.45) is 5.73 Å². The number of hydrogen-bond donors (Lipinski definition) is 3. The first-order valence-corrected chi connectivity index (χ1v) is 25.8. The number of nitrogens with two attached hydrogens (primary N) is 1. The first kappa shape index (κ1) is 60.5. The van der Waals surface area contributed by atoms with Gasteiger partial charge in [0, 0.05) is 30.9 Å². The van der Waals surface area contributed by atoms with Crippen molar-refractivity contribution < 1.29 is 52.0 Å². The maximum Gasteiger partial charge on any atom is 0.442 e. The monoisotopic (exact) mass is 1070 g/mol. The maximum absolute atomic E-state index is 12.1. The van der Waals surface area contributed by atoms with Crippen LogP contribution in [0.3, 0.4) is 0 Å². The van der Waals surface area contributed by atoms with Crippen LogP contribution in [0.5, 0.6) is 5.75 Å². The Morgan fingerprint density at radius 2 is 1.74 bits per heavy atom. The zero-order valence-corrected chi connectivity index (χ0v) is 44.7. The fourth-order valence-corrected chi connectivity index (χ4v) is 7.74. The lowest BCUT2D eigenvalue weighted by Crippen LogP contribution is -2.45. The highest BCUT2D eigenvalue weighted by Gasteiger charge is 2.45. The van der Waals surface area contributed by atoms with Crippen LogP contribution in [0.1, 0.15) is 97.6 Å². The normalized spacial score (nSPS) is 15.5. The molecule has 0 spiro atoms. The summed E-state index contributed by atoms with van der Waals surface area (Å²) in [4.78, 5) is 56.8. The van der Waals surface area contributed by atoms with Gasteiger partial charge in [0.2, 0.25) is 11.8 Å². The van der Waals surface area contributed by atoms with Crippen molar-refractivity contribution in [2.75, 3.05) is 43.5 Å². The number of para-hydroxylation sites is 1. The van der Waals surface area contributed by atoms with Crippen LogP contribution < -0.4 is 21.1 Å². The van der Waals surface area contributed by atoms with Crippen molar-refractivity contribution in [2.45, 2.75) is 116 Å². The van der Waals surface area contributed by atoms with Gasteiger partial charge in [-0.25, -0.2) is 4.79 Å². The van der Waals surface area contributed by atoms with Crippen molar-refractivity contribution in [1.29, 1.82) is 0 Å². The summed E-state index contributed by atoms with van der Waals surface area (Å²) in [5.74, 6) is -0.818. The number of aliphatic carboxylic acids is 1. The molecule has 380 valence electrons. The van der Waals surface area contributed by atoms with E-state index in [1.807, 2.05) is 72.7 Å². The third kappa shape index (κ3) is 18.6. The van der Waals surface area contributed by atoms with Gasteiger partial charge in [0.15, 0.2) is 12.2 Å². The number of ether oxygens (including phenoxy) is 3. The molecule has 0 aliphatic carbocycles. The Balaban J connectivity index is 0.000000319. The number of carboxylic acids is 1. The highest BCUT2D eigenvalue weighted by Crippen LogP contribution is 2.38. The van der Waals surface area contributed by atoms with Crippen molar-refractivity contribution in [3.8, 4) is 11.4 Å². The Morgan fingerprint density at radius 3 is 2.22 bits per heavy atom. The standard InChI is InChI=1S/C15H18Cl2N2O3.C14H20ClNO2.C11H13Cl2NO3.C5H12NO4P/c1-8(2)21-12-7-11(9(16)6-10(12)17)19-14(20)22-13(18-19)15(3,4)5;1-4-12-8-6-7-11(3)14(12)16(10-18-5-2)13(17)9-15;1-11(2)14(10(15)9(12)13)6-8(17-11)7-4-3-5-16-7;1-11(9,10)3-2-4(6)5(7)8/h6-8H,1-5H3;6-8H,4-5,9-10H2,1-3H3;3-5,8-9H,6H2,1-2H3;4H,2-3,6H2,1H3,(H,7,8)(H,9,10).